The number of aromatic nitrogens is 3. The van der Waals surface area contributed by atoms with E-state index in [2.05, 4.69) is 14.5 Å². The first-order valence-corrected chi connectivity index (χ1v) is 7.18. The molecule has 0 amide bonds. The molecule has 2 aromatic heterocycles. The molecule has 0 bridgehead atoms. The van der Waals surface area contributed by atoms with E-state index in [4.69, 9.17) is 10.2 Å². The van der Waals surface area contributed by atoms with Crippen molar-refractivity contribution in [2.45, 2.75) is 45.4 Å². The summed E-state index contributed by atoms with van der Waals surface area (Å²) in [4.78, 5) is 19.3. The fourth-order valence-electron chi connectivity index (χ4n) is 2.41. The molecular weight excluding hydrogens is 282 g/mol. The van der Waals surface area contributed by atoms with Gasteiger partial charge in [0, 0.05) is 11.6 Å². The van der Waals surface area contributed by atoms with E-state index in [0.29, 0.717) is 0 Å². The van der Waals surface area contributed by atoms with Gasteiger partial charge < -0.3 is 14.8 Å². The number of allylic oxidation sites excluding steroid dienone is 2. The first-order valence-electron chi connectivity index (χ1n) is 7.18. The molecule has 0 spiro atoms. The Balaban J connectivity index is 0.000000309. The number of nitrogens with zero attached hydrogens (tertiary/aromatic N) is 3. The minimum atomic E-state index is -1.50. The van der Waals surface area contributed by atoms with Gasteiger partial charge in [0.25, 0.3) is 0 Å². The number of aldehydes is 1. The van der Waals surface area contributed by atoms with E-state index in [0.717, 1.165) is 41.4 Å². The number of rotatable bonds is 2. The SMILES string of the molecule is CC(C)(O)O.Cc1ncnc2c1ccn2C1C=C(C=O)CC1. The zero-order valence-electron chi connectivity index (χ0n) is 13.0. The summed E-state index contributed by atoms with van der Waals surface area (Å²) in [6.45, 7) is 4.58. The smallest absolute Gasteiger partial charge is 0.156 e. The maximum absolute atomic E-state index is 10.7. The van der Waals surface area contributed by atoms with Gasteiger partial charge in [-0.05, 0) is 45.3 Å². The summed E-state index contributed by atoms with van der Waals surface area (Å²) in [5.74, 6) is -1.50. The van der Waals surface area contributed by atoms with E-state index in [9.17, 15) is 4.79 Å². The van der Waals surface area contributed by atoms with E-state index in [1.807, 2.05) is 25.3 Å². The maximum Gasteiger partial charge on any atom is 0.156 e. The molecule has 6 nitrogen and oxygen atoms in total. The van der Waals surface area contributed by atoms with Gasteiger partial charge in [-0.15, -0.1) is 0 Å². The average molecular weight is 303 g/mol. The molecule has 118 valence electrons. The molecule has 0 radical (unpaired) electrons. The zero-order valence-corrected chi connectivity index (χ0v) is 13.0. The van der Waals surface area contributed by atoms with Crippen molar-refractivity contribution in [2.24, 2.45) is 0 Å². The molecule has 0 aliphatic heterocycles. The second-order valence-electron chi connectivity index (χ2n) is 5.88. The maximum atomic E-state index is 10.7. The van der Waals surface area contributed by atoms with Crippen molar-refractivity contribution in [3.63, 3.8) is 0 Å². The molecule has 0 saturated carbocycles. The minimum Gasteiger partial charge on any atom is -0.366 e. The third-order valence-corrected chi connectivity index (χ3v) is 3.35. The summed E-state index contributed by atoms with van der Waals surface area (Å²) < 4.78 is 2.13. The third-order valence-electron chi connectivity index (χ3n) is 3.35. The van der Waals surface area contributed by atoms with Crippen molar-refractivity contribution >= 4 is 17.3 Å². The van der Waals surface area contributed by atoms with Crippen LogP contribution in [0.3, 0.4) is 0 Å². The average Bonchev–Trinajstić information content (AvgIpc) is 3.02. The largest absolute Gasteiger partial charge is 0.366 e. The number of carbonyl (C=O) groups is 1. The van der Waals surface area contributed by atoms with Crippen molar-refractivity contribution < 1.29 is 15.0 Å². The van der Waals surface area contributed by atoms with E-state index in [-0.39, 0.29) is 6.04 Å². The van der Waals surface area contributed by atoms with Crippen LogP contribution in [0.5, 0.6) is 0 Å². The van der Waals surface area contributed by atoms with Gasteiger partial charge in [0.15, 0.2) is 5.79 Å². The molecule has 6 heteroatoms. The molecule has 1 unspecified atom stereocenters. The number of aliphatic hydroxyl groups is 2. The van der Waals surface area contributed by atoms with Crippen LogP contribution >= 0.6 is 0 Å². The first kappa shape index (κ1) is 16.3. The highest BCUT2D eigenvalue weighted by Crippen LogP contribution is 2.30. The lowest BCUT2D eigenvalue weighted by Crippen LogP contribution is -2.15. The number of aryl methyl sites for hydroxylation is 1. The number of carbonyl (C=O) groups excluding carboxylic acids is 1. The Morgan fingerprint density at radius 1 is 1.36 bits per heavy atom. The second-order valence-corrected chi connectivity index (χ2v) is 5.88. The number of fused-ring (bicyclic) bond motifs is 1. The Labute approximate surface area is 129 Å². The summed E-state index contributed by atoms with van der Waals surface area (Å²) in [5.41, 5.74) is 2.83. The third kappa shape index (κ3) is 3.99. The highest BCUT2D eigenvalue weighted by atomic mass is 16.5. The molecule has 2 heterocycles. The predicted molar refractivity (Wildman–Crippen MR) is 83.2 cm³/mol. The van der Waals surface area contributed by atoms with Crippen LogP contribution in [0.15, 0.2) is 30.2 Å². The van der Waals surface area contributed by atoms with Crippen LogP contribution in [0, 0.1) is 6.92 Å². The molecule has 0 fully saturated rings. The van der Waals surface area contributed by atoms with Gasteiger partial charge in [-0.1, -0.05) is 6.08 Å². The normalized spacial score (nSPS) is 17.9. The molecule has 22 heavy (non-hydrogen) atoms. The Hall–Kier alpha value is -2.05. The van der Waals surface area contributed by atoms with Crippen LogP contribution in [0.25, 0.3) is 11.0 Å². The van der Waals surface area contributed by atoms with Gasteiger partial charge >= 0.3 is 0 Å². The van der Waals surface area contributed by atoms with Crippen molar-refractivity contribution in [1.29, 1.82) is 0 Å². The topological polar surface area (TPSA) is 88.2 Å². The van der Waals surface area contributed by atoms with Gasteiger partial charge in [0.2, 0.25) is 0 Å². The quantitative estimate of drug-likeness (QED) is 0.653. The van der Waals surface area contributed by atoms with Gasteiger partial charge in [0.1, 0.15) is 18.3 Å². The molecule has 3 rings (SSSR count). The van der Waals surface area contributed by atoms with Crippen LogP contribution in [0.2, 0.25) is 0 Å². The summed E-state index contributed by atoms with van der Waals surface area (Å²) in [6.07, 6.45) is 8.43. The summed E-state index contributed by atoms with van der Waals surface area (Å²) in [6, 6.07) is 2.29. The molecule has 2 aromatic rings. The van der Waals surface area contributed by atoms with E-state index >= 15 is 0 Å². The molecule has 1 atom stereocenters. The monoisotopic (exact) mass is 303 g/mol. The van der Waals surface area contributed by atoms with E-state index < -0.39 is 5.79 Å². The van der Waals surface area contributed by atoms with Crippen molar-refractivity contribution in [3.8, 4) is 0 Å². The molecule has 1 aliphatic carbocycles. The number of hydrogen-bond donors (Lipinski definition) is 2. The van der Waals surface area contributed by atoms with E-state index in [1.54, 1.807) is 6.33 Å². The van der Waals surface area contributed by atoms with E-state index in [1.165, 1.54) is 13.8 Å². The first-order chi connectivity index (χ1) is 10.3. The van der Waals surface area contributed by atoms with Crippen LogP contribution in [0.1, 0.15) is 38.4 Å². The van der Waals surface area contributed by atoms with Gasteiger partial charge in [0.05, 0.1) is 11.7 Å². The minimum absolute atomic E-state index is 0.252. The molecule has 1 aliphatic rings. The molecular formula is C16H21N3O3. The van der Waals surface area contributed by atoms with Crippen molar-refractivity contribution in [3.05, 3.63) is 35.9 Å². The Morgan fingerprint density at radius 3 is 2.64 bits per heavy atom. The van der Waals surface area contributed by atoms with Crippen LogP contribution < -0.4 is 0 Å². The van der Waals surface area contributed by atoms with Gasteiger partial charge in [-0.2, -0.15) is 0 Å². The molecule has 2 N–H and O–H groups in total. The lowest BCUT2D eigenvalue weighted by Gasteiger charge is -2.10. The Bertz CT molecular complexity index is 692. The van der Waals surface area contributed by atoms with Gasteiger partial charge in [-0.3, -0.25) is 4.79 Å². The predicted octanol–water partition coefficient (Wildman–Crippen LogP) is 1.91. The summed E-state index contributed by atoms with van der Waals surface area (Å²) in [7, 11) is 0. The zero-order chi connectivity index (χ0) is 16.3. The Morgan fingerprint density at radius 2 is 2.05 bits per heavy atom. The standard InChI is InChI=1S/C13H13N3O.C3H8O2/c1-9-12-4-5-16(13(12)15-8-14-9)11-3-2-10(6-11)7-17;1-3(2,4)5/h4-8,11H,2-3H2,1H3;4-5H,1-2H3. The lowest BCUT2D eigenvalue weighted by molar-refractivity contribution is -0.127. The highest BCUT2D eigenvalue weighted by Gasteiger charge is 2.19. The van der Waals surface area contributed by atoms with Crippen molar-refractivity contribution in [1.82, 2.24) is 14.5 Å². The van der Waals surface area contributed by atoms with Crippen LogP contribution in [-0.2, 0) is 4.79 Å². The van der Waals surface area contributed by atoms with Crippen molar-refractivity contribution in [2.75, 3.05) is 0 Å². The van der Waals surface area contributed by atoms with Gasteiger partial charge in [-0.25, -0.2) is 9.97 Å². The fraction of sp³-hybridized carbons (Fsp3) is 0.438. The fourth-order valence-corrected chi connectivity index (χ4v) is 2.41. The number of hydrogen-bond acceptors (Lipinski definition) is 5. The molecule has 0 saturated heterocycles. The van der Waals surface area contributed by atoms with Crippen LogP contribution in [-0.4, -0.2) is 36.8 Å². The Kier molecular flexibility index (Phi) is 4.73. The van der Waals surface area contributed by atoms with Crippen LogP contribution in [0.4, 0.5) is 0 Å². The summed E-state index contributed by atoms with van der Waals surface area (Å²) in [5, 5.41) is 17.2. The molecule has 0 aromatic carbocycles. The highest BCUT2D eigenvalue weighted by molar-refractivity contribution is 5.79. The summed E-state index contributed by atoms with van der Waals surface area (Å²) >= 11 is 0. The second kappa shape index (κ2) is 6.37. The lowest BCUT2D eigenvalue weighted by atomic mass is 10.2.